The lowest BCUT2D eigenvalue weighted by atomic mass is 10.2. The van der Waals surface area contributed by atoms with E-state index >= 15 is 0 Å². The van der Waals surface area contributed by atoms with Crippen molar-refractivity contribution in [2.24, 2.45) is 0 Å². The Bertz CT molecular complexity index is 730. The summed E-state index contributed by atoms with van der Waals surface area (Å²) >= 11 is 12.7. The van der Waals surface area contributed by atoms with Crippen LogP contribution < -0.4 is 8.84 Å². The van der Waals surface area contributed by atoms with Crippen molar-refractivity contribution in [3.8, 4) is 0 Å². The summed E-state index contributed by atoms with van der Waals surface area (Å²) in [6.45, 7) is 0. The van der Waals surface area contributed by atoms with E-state index in [2.05, 4.69) is 0 Å². The van der Waals surface area contributed by atoms with Gasteiger partial charge in [0.15, 0.2) is 11.4 Å². The summed E-state index contributed by atoms with van der Waals surface area (Å²) < 4.78 is 11.6. The highest BCUT2D eigenvalue weighted by atomic mass is 35.5. The molecule has 0 saturated carbocycles. The molecule has 0 saturated heterocycles. The van der Waals surface area contributed by atoms with Crippen LogP contribution >= 0.6 is 23.6 Å². The molecular weight excluding hydrogens is 379 g/mol. The van der Waals surface area contributed by atoms with Crippen molar-refractivity contribution in [3.05, 3.63) is 72.1 Å². The first-order valence-electron chi connectivity index (χ1n) is 7.44. The summed E-state index contributed by atoms with van der Waals surface area (Å²) in [6, 6.07) is 17.1. The zero-order chi connectivity index (χ0) is 19.1. The number of nitrogens with zero attached hydrogens (tertiary/aromatic N) is 2. The molecule has 2 rings (SSSR count). The van der Waals surface area contributed by atoms with Crippen LogP contribution in [0.5, 0.6) is 0 Å². The van der Waals surface area contributed by atoms with Crippen molar-refractivity contribution >= 4 is 46.9 Å². The quantitative estimate of drug-likeness (QED) is 0.421. The molecule has 0 spiro atoms. The fraction of sp³-hybridized carbons (Fsp3) is 0.111. The number of ether oxygens (including phenoxy) is 2. The van der Waals surface area contributed by atoms with Crippen LogP contribution in [0.3, 0.4) is 0 Å². The first kappa shape index (κ1) is 19.6. The highest BCUT2D eigenvalue weighted by Crippen LogP contribution is 2.30. The SMILES string of the molecule is COC(=O)/C(=C(/C(=O)OC)N(Cl)c1ccccc1)N(Cl)c1ccccc1. The molecule has 0 heterocycles. The fourth-order valence-corrected chi connectivity index (χ4v) is 2.63. The third-order valence-corrected chi connectivity index (χ3v) is 4.07. The predicted octanol–water partition coefficient (Wildman–Crippen LogP) is 3.86. The second kappa shape index (κ2) is 9.12. The maximum atomic E-state index is 12.4. The molecule has 0 aliphatic carbocycles. The van der Waals surface area contributed by atoms with E-state index in [1.807, 2.05) is 0 Å². The first-order valence-corrected chi connectivity index (χ1v) is 8.11. The van der Waals surface area contributed by atoms with E-state index < -0.39 is 11.9 Å². The molecule has 2 aromatic carbocycles. The van der Waals surface area contributed by atoms with E-state index in [4.69, 9.17) is 33.0 Å². The summed E-state index contributed by atoms with van der Waals surface area (Å²) in [6.07, 6.45) is 0. The molecule has 8 heteroatoms. The Balaban J connectivity index is 2.67. The highest BCUT2D eigenvalue weighted by molar-refractivity contribution is 6.34. The lowest BCUT2D eigenvalue weighted by Crippen LogP contribution is -2.31. The number of benzene rings is 2. The van der Waals surface area contributed by atoms with Crippen molar-refractivity contribution in [1.82, 2.24) is 0 Å². The molecule has 0 fully saturated rings. The van der Waals surface area contributed by atoms with Crippen LogP contribution in [0.25, 0.3) is 0 Å². The van der Waals surface area contributed by atoms with Crippen LogP contribution in [0.1, 0.15) is 0 Å². The van der Waals surface area contributed by atoms with Crippen molar-refractivity contribution in [3.63, 3.8) is 0 Å². The molecule has 0 radical (unpaired) electrons. The first-order chi connectivity index (χ1) is 12.5. The van der Waals surface area contributed by atoms with Gasteiger partial charge in [0, 0.05) is 23.6 Å². The van der Waals surface area contributed by atoms with Gasteiger partial charge in [-0.15, -0.1) is 0 Å². The van der Waals surface area contributed by atoms with Gasteiger partial charge >= 0.3 is 11.9 Å². The summed E-state index contributed by atoms with van der Waals surface area (Å²) in [7, 11) is 2.35. The number of hydrogen-bond donors (Lipinski definition) is 0. The average molecular weight is 395 g/mol. The number of carbonyl (C=O) groups is 2. The lowest BCUT2D eigenvalue weighted by Gasteiger charge is -2.24. The minimum Gasteiger partial charge on any atom is -0.464 e. The second-order valence-electron chi connectivity index (χ2n) is 4.91. The Kier molecular flexibility index (Phi) is 6.89. The smallest absolute Gasteiger partial charge is 0.358 e. The Hall–Kier alpha value is -2.70. The number of hydrogen-bond acceptors (Lipinski definition) is 6. The zero-order valence-corrected chi connectivity index (χ0v) is 15.6. The van der Waals surface area contributed by atoms with Crippen LogP contribution in [-0.2, 0) is 19.1 Å². The van der Waals surface area contributed by atoms with E-state index in [1.165, 1.54) is 14.2 Å². The van der Waals surface area contributed by atoms with E-state index in [-0.39, 0.29) is 11.4 Å². The lowest BCUT2D eigenvalue weighted by molar-refractivity contribution is -0.139. The largest absolute Gasteiger partial charge is 0.464 e. The average Bonchev–Trinajstić information content (AvgIpc) is 2.71. The van der Waals surface area contributed by atoms with E-state index in [1.54, 1.807) is 60.7 Å². The number of carbonyl (C=O) groups excluding carboxylic acids is 2. The van der Waals surface area contributed by atoms with Gasteiger partial charge in [-0.05, 0) is 24.3 Å². The van der Waals surface area contributed by atoms with E-state index in [9.17, 15) is 9.59 Å². The number of esters is 2. The van der Waals surface area contributed by atoms with Crippen LogP contribution in [0.2, 0.25) is 0 Å². The summed E-state index contributed by atoms with van der Waals surface area (Å²) in [5.74, 6) is -1.71. The van der Waals surface area contributed by atoms with Gasteiger partial charge in [-0.25, -0.2) is 18.4 Å². The Morgan fingerprint density at radius 2 is 1.00 bits per heavy atom. The van der Waals surface area contributed by atoms with Crippen molar-refractivity contribution in [2.75, 3.05) is 23.1 Å². The molecule has 0 aliphatic rings. The highest BCUT2D eigenvalue weighted by Gasteiger charge is 2.32. The number of rotatable bonds is 6. The third-order valence-electron chi connectivity index (χ3n) is 3.34. The van der Waals surface area contributed by atoms with Gasteiger partial charge in [-0.3, -0.25) is 0 Å². The molecule has 0 unspecified atom stereocenters. The molecule has 6 nitrogen and oxygen atoms in total. The Labute approximate surface area is 161 Å². The normalized spacial score (nSPS) is 11.2. The molecule has 0 bridgehead atoms. The molecule has 2 aromatic rings. The van der Waals surface area contributed by atoms with E-state index in [0.29, 0.717) is 11.4 Å². The fourth-order valence-electron chi connectivity index (χ4n) is 2.11. The number of anilines is 2. The van der Waals surface area contributed by atoms with Gasteiger partial charge in [0.25, 0.3) is 0 Å². The van der Waals surface area contributed by atoms with Gasteiger partial charge in [-0.1, -0.05) is 36.4 Å². The Morgan fingerprint density at radius 3 is 1.27 bits per heavy atom. The van der Waals surface area contributed by atoms with Crippen LogP contribution in [0.15, 0.2) is 72.1 Å². The second-order valence-corrected chi connectivity index (χ2v) is 5.59. The number of halogens is 2. The molecule has 0 aliphatic heterocycles. The van der Waals surface area contributed by atoms with E-state index in [0.717, 1.165) is 8.84 Å². The van der Waals surface area contributed by atoms with Crippen molar-refractivity contribution < 1.29 is 19.1 Å². The summed E-state index contributed by atoms with van der Waals surface area (Å²) in [4.78, 5) is 24.9. The molecule has 0 atom stereocenters. The minimum absolute atomic E-state index is 0.286. The predicted molar refractivity (Wildman–Crippen MR) is 101 cm³/mol. The van der Waals surface area contributed by atoms with Crippen LogP contribution in [0.4, 0.5) is 11.4 Å². The maximum absolute atomic E-state index is 12.4. The molecule has 26 heavy (non-hydrogen) atoms. The molecule has 0 aromatic heterocycles. The van der Waals surface area contributed by atoms with Crippen LogP contribution in [0, 0.1) is 0 Å². The summed E-state index contributed by atoms with van der Waals surface area (Å²) in [5.41, 5.74) is 0.306. The van der Waals surface area contributed by atoms with Crippen LogP contribution in [-0.4, -0.2) is 26.2 Å². The van der Waals surface area contributed by atoms with Gasteiger partial charge in [0.1, 0.15) is 0 Å². The standard InChI is InChI=1S/C18H16Cl2N2O4/c1-25-17(23)15(21(19)13-9-5-3-6-10-13)16(18(24)26-2)22(20)14-11-7-4-8-12-14/h3-12H,1-2H3/b16-15+. The minimum atomic E-state index is -0.856. The molecule has 0 amide bonds. The Morgan fingerprint density at radius 1 is 0.692 bits per heavy atom. The number of methoxy groups -OCH3 is 2. The number of para-hydroxylation sites is 2. The van der Waals surface area contributed by atoms with Crippen molar-refractivity contribution in [2.45, 2.75) is 0 Å². The topological polar surface area (TPSA) is 59.1 Å². The van der Waals surface area contributed by atoms with Crippen molar-refractivity contribution in [1.29, 1.82) is 0 Å². The van der Waals surface area contributed by atoms with Gasteiger partial charge < -0.3 is 9.47 Å². The zero-order valence-electron chi connectivity index (χ0n) is 14.1. The van der Waals surface area contributed by atoms with Gasteiger partial charge in [0.05, 0.1) is 25.6 Å². The summed E-state index contributed by atoms with van der Waals surface area (Å²) in [5, 5.41) is 0. The molecule has 136 valence electrons. The maximum Gasteiger partial charge on any atom is 0.358 e. The third kappa shape index (κ3) is 4.28. The molecule has 0 N–H and O–H groups in total. The van der Waals surface area contributed by atoms with Gasteiger partial charge in [-0.2, -0.15) is 0 Å². The van der Waals surface area contributed by atoms with Gasteiger partial charge in [0.2, 0.25) is 0 Å². The monoisotopic (exact) mass is 394 g/mol. The molecular formula is C18H16Cl2N2O4.